The van der Waals surface area contributed by atoms with Crippen LogP contribution >= 0.6 is 34.8 Å². The maximum absolute atomic E-state index is 12.7. The van der Waals surface area contributed by atoms with Crippen LogP contribution in [-0.2, 0) is 4.79 Å². The van der Waals surface area contributed by atoms with Crippen LogP contribution in [0.15, 0.2) is 54.2 Å². The van der Waals surface area contributed by atoms with Crippen molar-refractivity contribution in [1.29, 1.82) is 0 Å². The van der Waals surface area contributed by atoms with E-state index in [0.29, 0.717) is 17.4 Å². The summed E-state index contributed by atoms with van der Waals surface area (Å²) in [5, 5.41) is 0.471. The van der Waals surface area contributed by atoms with Crippen molar-refractivity contribution in [1.82, 2.24) is 4.90 Å². The Kier molecular flexibility index (Phi) is 5.39. The average Bonchev–Trinajstić information content (AvgIpc) is 2.83. The van der Waals surface area contributed by atoms with Gasteiger partial charge in [0, 0.05) is 16.3 Å². The number of hydrogen-bond acceptors (Lipinski definition) is 3. The first-order valence-corrected chi connectivity index (χ1v) is 9.33. The van der Waals surface area contributed by atoms with Gasteiger partial charge in [-0.05, 0) is 83.7 Å². The summed E-state index contributed by atoms with van der Waals surface area (Å²) >= 11 is 7.73. The van der Waals surface area contributed by atoms with Crippen molar-refractivity contribution in [3.05, 3.63) is 63.4 Å². The van der Waals surface area contributed by atoms with Crippen LogP contribution in [0.1, 0.15) is 12.5 Å². The summed E-state index contributed by atoms with van der Waals surface area (Å²) in [6.07, 6.45) is 1.87. The highest BCUT2D eigenvalue weighted by Gasteiger charge is 2.36. The Morgan fingerprint density at radius 1 is 1.20 bits per heavy atom. The smallest absolute Gasteiger partial charge is 0.276 e. The van der Waals surface area contributed by atoms with Gasteiger partial charge in [0.05, 0.1) is 6.61 Å². The molecular weight excluding hydrogens is 447 g/mol. The molecule has 1 aliphatic heterocycles. The van der Waals surface area contributed by atoms with Crippen molar-refractivity contribution in [2.75, 3.05) is 18.6 Å². The second-order valence-electron chi connectivity index (χ2n) is 5.46. The number of carbonyl (C=O) groups excluding carboxylic acids is 1. The molecule has 0 unspecified atom stereocenters. The van der Waals surface area contributed by atoms with Gasteiger partial charge in [-0.25, -0.2) is 0 Å². The van der Waals surface area contributed by atoms with Crippen LogP contribution in [0.2, 0.25) is 0 Å². The number of rotatable bonds is 4. The van der Waals surface area contributed by atoms with Crippen molar-refractivity contribution in [2.24, 2.45) is 0 Å². The van der Waals surface area contributed by atoms with E-state index in [2.05, 4.69) is 22.6 Å². The van der Waals surface area contributed by atoms with Crippen LogP contribution in [0.25, 0.3) is 6.08 Å². The molecule has 1 amide bonds. The molecule has 3 rings (SSSR count). The summed E-state index contributed by atoms with van der Waals surface area (Å²) in [6.45, 7) is 2.54. The topological polar surface area (TPSA) is 32.8 Å². The predicted molar refractivity (Wildman–Crippen MR) is 113 cm³/mol. The lowest BCUT2D eigenvalue weighted by molar-refractivity contribution is -0.121. The van der Waals surface area contributed by atoms with Crippen molar-refractivity contribution in [3.63, 3.8) is 0 Å². The number of halogens is 1. The monoisotopic (exact) mass is 464 g/mol. The summed E-state index contributed by atoms with van der Waals surface area (Å²) < 4.78 is 6.62. The first-order valence-electron chi connectivity index (χ1n) is 7.84. The van der Waals surface area contributed by atoms with Gasteiger partial charge in [-0.15, -0.1) is 0 Å². The number of likely N-dealkylation sites (N-methyl/N-ethyl adjacent to an activating group) is 1. The van der Waals surface area contributed by atoms with Crippen molar-refractivity contribution >= 4 is 57.6 Å². The highest BCUT2D eigenvalue weighted by molar-refractivity contribution is 14.1. The largest absolute Gasteiger partial charge is 0.494 e. The van der Waals surface area contributed by atoms with Crippen LogP contribution in [0.3, 0.4) is 0 Å². The fraction of sp³-hybridized carbons (Fsp3) is 0.158. The second-order valence-corrected chi connectivity index (χ2v) is 6.99. The first-order chi connectivity index (χ1) is 12.0. The predicted octanol–water partition coefficient (Wildman–Crippen LogP) is 4.29. The summed E-state index contributed by atoms with van der Waals surface area (Å²) in [4.78, 5) is 16.0. The van der Waals surface area contributed by atoms with Crippen molar-refractivity contribution in [3.8, 4) is 5.75 Å². The third kappa shape index (κ3) is 3.55. The van der Waals surface area contributed by atoms with E-state index in [4.69, 9.17) is 17.0 Å². The Balaban J connectivity index is 2.09. The third-order valence-corrected chi connectivity index (χ3v) is 5.27. The molecular formula is C19H17IN2O2S. The fourth-order valence-corrected chi connectivity index (χ4v) is 3.37. The molecule has 128 valence electrons. The van der Waals surface area contributed by atoms with E-state index < -0.39 is 0 Å². The van der Waals surface area contributed by atoms with E-state index in [1.807, 2.05) is 61.5 Å². The Hall–Kier alpha value is -1.93. The minimum absolute atomic E-state index is 0.119. The van der Waals surface area contributed by atoms with E-state index in [-0.39, 0.29) is 5.91 Å². The number of benzene rings is 2. The molecule has 2 aromatic rings. The summed E-state index contributed by atoms with van der Waals surface area (Å²) in [5.74, 6) is 0.661. The van der Waals surface area contributed by atoms with Gasteiger partial charge in [0.15, 0.2) is 5.11 Å². The van der Waals surface area contributed by atoms with Crippen molar-refractivity contribution < 1.29 is 9.53 Å². The zero-order valence-corrected chi connectivity index (χ0v) is 16.9. The van der Waals surface area contributed by atoms with E-state index >= 15 is 0 Å². The number of hydrogen-bond donors (Lipinski definition) is 0. The Bertz CT molecular complexity index is 852. The molecule has 0 aliphatic carbocycles. The molecule has 1 fully saturated rings. The molecule has 25 heavy (non-hydrogen) atoms. The number of nitrogens with zero attached hydrogens (tertiary/aromatic N) is 2. The number of para-hydroxylation sites is 1. The van der Waals surface area contributed by atoms with Crippen molar-refractivity contribution in [2.45, 2.75) is 6.92 Å². The number of ether oxygens (including phenoxy) is 1. The highest BCUT2D eigenvalue weighted by Crippen LogP contribution is 2.30. The fourth-order valence-electron chi connectivity index (χ4n) is 2.60. The Labute approximate surface area is 166 Å². The molecule has 0 saturated carbocycles. The van der Waals surface area contributed by atoms with Crippen LogP contribution in [0, 0.1) is 3.57 Å². The van der Waals surface area contributed by atoms with Gasteiger partial charge in [0.25, 0.3) is 5.91 Å². The lowest BCUT2D eigenvalue weighted by Crippen LogP contribution is -2.29. The van der Waals surface area contributed by atoms with Gasteiger partial charge < -0.3 is 4.74 Å². The van der Waals surface area contributed by atoms with E-state index in [1.165, 1.54) is 4.90 Å². The molecule has 0 atom stereocenters. The molecule has 0 N–H and O–H groups in total. The van der Waals surface area contributed by atoms with Gasteiger partial charge in [-0.3, -0.25) is 14.6 Å². The van der Waals surface area contributed by atoms with Gasteiger partial charge in [-0.2, -0.15) is 0 Å². The molecule has 0 radical (unpaired) electrons. The number of amides is 1. The molecule has 2 aromatic carbocycles. The highest BCUT2D eigenvalue weighted by atomic mass is 127. The van der Waals surface area contributed by atoms with E-state index in [9.17, 15) is 4.79 Å². The van der Waals surface area contributed by atoms with Gasteiger partial charge in [-0.1, -0.05) is 18.2 Å². The number of anilines is 1. The molecule has 0 spiro atoms. The molecule has 0 aromatic heterocycles. The zero-order chi connectivity index (χ0) is 18.0. The average molecular weight is 464 g/mol. The lowest BCUT2D eigenvalue weighted by Gasteiger charge is -2.18. The number of carbonyl (C=O) groups is 1. The molecule has 1 saturated heterocycles. The molecule has 6 heteroatoms. The third-order valence-electron chi connectivity index (χ3n) is 3.83. The number of thiocarbonyl (C=S) groups is 1. The van der Waals surface area contributed by atoms with Crippen LogP contribution < -0.4 is 9.64 Å². The van der Waals surface area contributed by atoms with E-state index in [0.717, 1.165) is 20.6 Å². The molecule has 1 heterocycles. The Morgan fingerprint density at radius 3 is 2.60 bits per heavy atom. The second kappa shape index (κ2) is 7.53. The summed E-state index contributed by atoms with van der Waals surface area (Å²) in [7, 11) is 1.70. The van der Waals surface area contributed by atoms with Crippen LogP contribution in [0.5, 0.6) is 5.75 Å². The molecule has 1 aliphatic rings. The Morgan fingerprint density at radius 2 is 1.92 bits per heavy atom. The van der Waals surface area contributed by atoms with Gasteiger partial charge in [0.1, 0.15) is 11.4 Å². The normalized spacial score (nSPS) is 16.0. The zero-order valence-electron chi connectivity index (χ0n) is 13.9. The van der Waals surface area contributed by atoms with Crippen LogP contribution in [0.4, 0.5) is 5.69 Å². The lowest BCUT2D eigenvalue weighted by atomic mass is 10.1. The minimum Gasteiger partial charge on any atom is -0.494 e. The molecule has 4 nitrogen and oxygen atoms in total. The minimum atomic E-state index is -0.119. The maximum Gasteiger partial charge on any atom is 0.276 e. The SMILES string of the molecule is CCOc1ccc(I)c(/C=C2\C(=O)N(C)C(=S)N2c2ccccc2)c1. The van der Waals surface area contributed by atoms with E-state index in [1.54, 1.807) is 11.9 Å². The summed E-state index contributed by atoms with van der Waals surface area (Å²) in [5.41, 5.74) is 2.33. The first kappa shape index (κ1) is 17.9. The quantitative estimate of drug-likeness (QED) is 0.384. The summed E-state index contributed by atoms with van der Waals surface area (Å²) in [6, 6.07) is 15.5. The van der Waals surface area contributed by atoms with Gasteiger partial charge in [0.2, 0.25) is 0 Å². The van der Waals surface area contributed by atoms with Crippen LogP contribution in [-0.4, -0.2) is 29.6 Å². The standard InChI is InChI=1S/C19H17IN2O2S/c1-3-24-15-9-10-16(20)13(11-15)12-17-18(23)21(2)19(25)22(17)14-7-5-4-6-8-14/h4-12H,3H2,1-2H3/b17-12+. The molecule has 0 bridgehead atoms. The van der Waals surface area contributed by atoms with Gasteiger partial charge >= 0.3 is 0 Å². The maximum atomic E-state index is 12.7.